The van der Waals surface area contributed by atoms with Gasteiger partial charge in [-0.25, -0.2) is 0 Å². The van der Waals surface area contributed by atoms with Crippen LogP contribution in [-0.2, 0) is 4.79 Å². The predicted octanol–water partition coefficient (Wildman–Crippen LogP) is 3.26. The van der Waals surface area contributed by atoms with Gasteiger partial charge in [0, 0.05) is 0 Å². The largest absolute Gasteiger partial charge is 0.481 e. The van der Waals surface area contributed by atoms with Gasteiger partial charge >= 0.3 is 6.18 Å². The van der Waals surface area contributed by atoms with E-state index in [2.05, 4.69) is 20.6 Å². The van der Waals surface area contributed by atoms with Crippen LogP contribution < -0.4 is 20.1 Å². The molecule has 0 saturated heterocycles. The predicted molar refractivity (Wildman–Crippen MR) is 100 cm³/mol. The van der Waals surface area contributed by atoms with Crippen molar-refractivity contribution in [2.24, 2.45) is 17.3 Å². The number of amides is 1. The van der Waals surface area contributed by atoms with Gasteiger partial charge < -0.3 is 20.1 Å². The number of carbonyl (C=O) groups excluding carboxylic acids is 1. The molecule has 2 unspecified atom stereocenters. The normalized spacial score (nSPS) is 20.9. The number of nitrogens with zero attached hydrogens (tertiary/aromatic N) is 2. The van der Waals surface area contributed by atoms with Crippen LogP contribution in [0.5, 0.6) is 11.8 Å². The Kier molecular flexibility index (Phi) is 6.39. The molecule has 1 heterocycles. The fraction of sp³-hybridized carbons (Fsp3) is 0.500. The number of anilines is 1. The summed E-state index contributed by atoms with van der Waals surface area (Å²) in [7, 11) is 2.81. The number of alkyl halides is 3. The number of hydrogen-bond donors (Lipinski definition) is 2. The highest BCUT2D eigenvalue weighted by molar-refractivity contribution is 7.80. The molecule has 1 aliphatic rings. The molecule has 1 aliphatic carbocycles. The van der Waals surface area contributed by atoms with E-state index in [1.165, 1.54) is 20.3 Å². The molecule has 2 N–H and O–H groups in total. The van der Waals surface area contributed by atoms with Gasteiger partial charge in [-0.3, -0.25) is 4.79 Å². The van der Waals surface area contributed by atoms with Crippen molar-refractivity contribution in [2.75, 3.05) is 19.5 Å². The molecule has 1 aromatic rings. The lowest BCUT2D eigenvalue weighted by atomic mass is 10.1. The van der Waals surface area contributed by atoms with Crippen LogP contribution >= 0.6 is 23.8 Å². The number of carbonyl (C=O) groups is 1. The monoisotopic (exact) mass is 438 g/mol. The Hall–Kier alpha value is -2.14. The minimum absolute atomic E-state index is 0.0214. The van der Waals surface area contributed by atoms with E-state index in [-0.39, 0.29) is 22.8 Å². The molecular weight excluding hydrogens is 421 g/mol. The van der Waals surface area contributed by atoms with Crippen molar-refractivity contribution >= 4 is 40.8 Å². The standard InChI is InChI=1S/C16H18ClF3N4O3S/c1-15(2)7(5-8(17)16(18,19)20)11(15)12(25)23-14(28)24-13-21-9(26-3)6-10(22-13)27-4/h5-7,11H,1-4H3,(H2,21,22,23,24,25,28)/b8-5+. The number of nitrogens with one attached hydrogen (secondary N) is 2. The average Bonchev–Trinajstić information content (AvgIpc) is 3.13. The number of hydrogen-bond acceptors (Lipinski definition) is 6. The maximum atomic E-state index is 12.6. The Morgan fingerprint density at radius 2 is 1.82 bits per heavy atom. The Balaban J connectivity index is 2.04. The minimum Gasteiger partial charge on any atom is -0.481 e. The molecule has 0 aromatic carbocycles. The minimum atomic E-state index is -4.65. The summed E-state index contributed by atoms with van der Waals surface area (Å²) in [6.45, 7) is 3.34. The molecule has 2 rings (SSSR count). The van der Waals surface area contributed by atoms with Gasteiger partial charge in [-0.2, -0.15) is 23.1 Å². The van der Waals surface area contributed by atoms with Gasteiger partial charge in [-0.05, 0) is 23.6 Å². The van der Waals surface area contributed by atoms with Crippen LogP contribution in [0.4, 0.5) is 19.1 Å². The number of methoxy groups -OCH3 is 2. The van der Waals surface area contributed by atoms with Gasteiger partial charge in [0.2, 0.25) is 23.6 Å². The molecular formula is C16H18ClF3N4O3S. The first-order valence-electron chi connectivity index (χ1n) is 7.93. The molecule has 1 aromatic heterocycles. The second-order valence-corrected chi connectivity index (χ2v) is 7.37. The summed E-state index contributed by atoms with van der Waals surface area (Å²) >= 11 is 10.3. The van der Waals surface area contributed by atoms with Crippen LogP contribution in [0.25, 0.3) is 0 Å². The molecule has 0 aliphatic heterocycles. The number of aromatic nitrogens is 2. The van der Waals surface area contributed by atoms with Crippen molar-refractivity contribution in [3.8, 4) is 11.8 Å². The zero-order valence-electron chi connectivity index (χ0n) is 15.3. The summed E-state index contributed by atoms with van der Waals surface area (Å²) in [6.07, 6.45) is -3.79. The molecule has 1 amide bonds. The smallest absolute Gasteiger partial charge is 0.426 e. The van der Waals surface area contributed by atoms with Crippen molar-refractivity contribution in [3.05, 3.63) is 17.2 Å². The lowest BCUT2D eigenvalue weighted by Crippen LogP contribution is -2.36. The van der Waals surface area contributed by atoms with E-state index in [0.29, 0.717) is 0 Å². The van der Waals surface area contributed by atoms with E-state index < -0.39 is 34.4 Å². The first-order valence-corrected chi connectivity index (χ1v) is 8.72. The Labute approximate surface area is 169 Å². The van der Waals surface area contributed by atoms with Crippen LogP contribution in [0.2, 0.25) is 0 Å². The average molecular weight is 439 g/mol. The zero-order valence-corrected chi connectivity index (χ0v) is 16.9. The third-order valence-electron chi connectivity index (χ3n) is 4.35. The Morgan fingerprint density at radius 3 is 2.29 bits per heavy atom. The molecule has 0 radical (unpaired) electrons. The third-order valence-corrected chi connectivity index (χ3v) is 4.89. The summed E-state index contributed by atoms with van der Waals surface area (Å²) in [4.78, 5) is 20.4. The maximum Gasteiger partial charge on any atom is 0.426 e. The molecule has 1 saturated carbocycles. The number of allylic oxidation sites excluding steroid dienone is 2. The van der Waals surface area contributed by atoms with Crippen LogP contribution in [0.1, 0.15) is 13.8 Å². The van der Waals surface area contributed by atoms with Gasteiger partial charge in [-0.1, -0.05) is 31.5 Å². The van der Waals surface area contributed by atoms with Crippen LogP contribution in [0.3, 0.4) is 0 Å². The summed E-state index contributed by atoms with van der Waals surface area (Å²) < 4.78 is 47.9. The highest BCUT2D eigenvalue weighted by atomic mass is 35.5. The van der Waals surface area contributed by atoms with Gasteiger partial charge in [0.25, 0.3) is 0 Å². The number of rotatable bonds is 5. The summed E-state index contributed by atoms with van der Waals surface area (Å²) in [6, 6.07) is 1.45. The molecule has 154 valence electrons. The topological polar surface area (TPSA) is 85.4 Å². The van der Waals surface area contributed by atoms with Gasteiger partial charge in [0.05, 0.1) is 26.2 Å². The van der Waals surface area contributed by atoms with Gasteiger partial charge in [-0.15, -0.1) is 0 Å². The molecule has 0 bridgehead atoms. The van der Waals surface area contributed by atoms with Gasteiger partial charge in [0.15, 0.2) is 5.11 Å². The van der Waals surface area contributed by atoms with E-state index in [9.17, 15) is 18.0 Å². The van der Waals surface area contributed by atoms with Crippen molar-refractivity contribution in [2.45, 2.75) is 20.0 Å². The fourth-order valence-electron chi connectivity index (χ4n) is 2.73. The first kappa shape index (κ1) is 22.2. The third kappa shape index (κ3) is 5.02. The van der Waals surface area contributed by atoms with Gasteiger partial charge in [0.1, 0.15) is 5.03 Å². The molecule has 7 nitrogen and oxygen atoms in total. The second kappa shape index (κ2) is 8.08. The van der Waals surface area contributed by atoms with E-state index in [1.807, 2.05) is 0 Å². The van der Waals surface area contributed by atoms with Crippen LogP contribution in [0.15, 0.2) is 17.2 Å². The first-order chi connectivity index (χ1) is 12.9. The van der Waals surface area contributed by atoms with Crippen LogP contribution in [-0.4, -0.2) is 41.4 Å². The number of ether oxygens (including phenoxy) is 2. The summed E-state index contributed by atoms with van der Waals surface area (Å²) in [5.74, 6) is -1.49. The summed E-state index contributed by atoms with van der Waals surface area (Å²) in [5, 5.41) is 3.67. The van der Waals surface area contributed by atoms with Crippen molar-refractivity contribution in [3.63, 3.8) is 0 Å². The maximum absolute atomic E-state index is 12.6. The van der Waals surface area contributed by atoms with Crippen molar-refractivity contribution in [1.82, 2.24) is 15.3 Å². The molecule has 12 heteroatoms. The molecule has 28 heavy (non-hydrogen) atoms. The quantitative estimate of drug-likeness (QED) is 0.682. The number of halogens is 4. The van der Waals surface area contributed by atoms with Crippen molar-refractivity contribution < 1.29 is 27.4 Å². The Morgan fingerprint density at radius 1 is 1.29 bits per heavy atom. The fourth-order valence-corrected chi connectivity index (χ4v) is 3.06. The van der Waals surface area contributed by atoms with Crippen LogP contribution in [0, 0.1) is 17.3 Å². The van der Waals surface area contributed by atoms with E-state index in [1.54, 1.807) is 13.8 Å². The van der Waals surface area contributed by atoms with E-state index in [0.717, 1.165) is 6.08 Å². The lowest BCUT2D eigenvalue weighted by Gasteiger charge is -2.10. The van der Waals surface area contributed by atoms with E-state index in [4.69, 9.17) is 33.3 Å². The number of thiocarbonyl (C=S) groups is 1. The molecule has 1 fully saturated rings. The molecule has 2 atom stereocenters. The van der Waals surface area contributed by atoms with Crippen molar-refractivity contribution in [1.29, 1.82) is 0 Å². The zero-order chi connectivity index (χ0) is 21.3. The second-order valence-electron chi connectivity index (χ2n) is 6.56. The lowest BCUT2D eigenvalue weighted by molar-refractivity contribution is -0.121. The SMILES string of the molecule is COc1cc(OC)nc(NC(=S)NC(=O)C2C(/C=C(/Cl)C(F)(F)F)C2(C)C)n1. The highest BCUT2D eigenvalue weighted by Gasteiger charge is 2.61. The van der Waals surface area contributed by atoms with E-state index >= 15 is 0 Å². The summed E-state index contributed by atoms with van der Waals surface area (Å²) in [5.41, 5.74) is -0.694. The molecule has 0 spiro atoms. The Bertz CT molecular complexity index is 795. The highest BCUT2D eigenvalue weighted by Crippen LogP contribution is 2.60.